The number of urea groups is 1. The molecule has 0 saturated carbocycles. The Morgan fingerprint density at radius 2 is 2.21 bits per heavy atom. The number of likely N-dealkylation sites (N-methyl/N-ethyl adjacent to an activating group) is 1. The highest BCUT2D eigenvalue weighted by molar-refractivity contribution is 5.89. The van der Waals surface area contributed by atoms with E-state index in [1.54, 1.807) is 38.4 Å². The SMILES string of the molecule is COCC(O)CN(C)C(=O)Nc1cccc(OC)c1. The average Bonchev–Trinajstić information content (AvgIpc) is 2.39. The molecule has 1 aromatic carbocycles. The van der Waals surface area contributed by atoms with Crippen molar-refractivity contribution in [2.45, 2.75) is 6.10 Å². The Morgan fingerprint density at radius 3 is 2.84 bits per heavy atom. The lowest BCUT2D eigenvalue weighted by Gasteiger charge is -2.21. The first-order valence-corrected chi connectivity index (χ1v) is 5.90. The molecule has 2 amide bonds. The number of benzene rings is 1. The van der Waals surface area contributed by atoms with Gasteiger partial charge in [0.2, 0.25) is 0 Å². The number of aliphatic hydroxyl groups is 1. The van der Waals surface area contributed by atoms with Crippen LogP contribution in [0.4, 0.5) is 10.5 Å². The molecule has 0 fully saturated rings. The molecular formula is C13H20N2O4. The summed E-state index contributed by atoms with van der Waals surface area (Å²) in [6, 6.07) is 6.76. The molecule has 6 heteroatoms. The number of ether oxygens (including phenoxy) is 2. The maximum atomic E-state index is 11.9. The second-order valence-electron chi connectivity index (χ2n) is 4.15. The number of methoxy groups -OCH3 is 2. The van der Waals surface area contributed by atoms with E-state index < -0.39 is 6.10 Å². The summed E-state index contributed by atoms with van der Waals surface area (Å²) in [4.78, 5) is 13.3. The first kappa shape index (κ1) is 15.3. The summed E-state index contributed by atoms with van der Waals surface area (Å²) in [6.07, 6.45) is -0.703. The maximum absolute atomic E-state index is 11.9. The van der Waals surface area contributed by atoms with Crippen molar-refractivity contribution in [1.29, 1.82) is 0 Å². The van der Waals surface area contributed by atoms with E-state index in [-0.39, 0.29) is 19.2 Å². The molecule has 19 heavy (non-hydrogen) atoms. The third-order valence-electron chi connectivity index (χ3n) is 2.51. The molecule has 2 N–H and O–H groups in total. The van der Waals surface area contributed by atoms with E-state index in [4.69, 9.17) is 9.47 Å². The van der Waals surface area contributed by atoms with Gasteiger partial charge in [0.05, 0.1) is 26.4 Å². The number of aliphatic hydroxyl groups excluding tert-OH is 1. The van der Waals surface area contributed by atoms with Crippen LogP contribution in [0.3, 0.4) is 0 Å². The van der Waals surface area contributed by atoms with Crippen LogP contribution >= 0.6 is 0 Å². The minimum absolute atomic E-state index is 0.191. The fourth-order valence-electron chi connectivity index (χ4n) is 1.56. The Labute approximate surface area is 112 Å². The van der Waals surface area contributed by atoms with Crippen LogP contribution in [0.1, 0.15) is 0 Å². The summed E-state index contributed by atoms with van der Waals surface area (Å²) < 4.78 is 9.88. The van der Waals surface area contributed by atoms with Crippen molar-refractivity contribution in [3.63, 3.8) is 0 Å². The molecule has 1 atom stereocenters. The molecule has 1 aromatic rings. The summed E-state index contributed by atoms with van der Waals surface area (Å²) in [5, 5.41) is 12.3. The predicted molar refractivity (Wildman–Crippen MR) is 72.5 cm³/mol. The highest BCUT2D eigenvalue weighted by atomic mass is 16.5. The lowest BCUT2D eigenvalue weighted by Crippen LogP contribution is -2.38. The van der Waals surface area contributed by atoms with Gasteiger partial charge >= 0.3 is 6.03 Å². The minimum Gasteiger partial charge on any atom is -0.497 e. The second-order valence-corrected chi connectivity index (χ2v) is 4.15. The molecule has 0 aliphatic heterocycles. The smallest absolute Gasteiger partial charge is 0.321 e. The molecule has 0 radical (unpaired) electrons. The van der Waals surface area contributed by atoms with E-state index in [0.717, 1.165) is 0 Å². The monoisotopic (exact) mass is 268 g/mol. The van der Waals surface area contributed by atoms with Crippen LogP contribution in [-0.4, -0.2) is 56.6 Å². The number of hydrogen-bond acceptors (Lipinski definition) is 4. The van der Waals surface area contributed by atoms with Crippen molar-refractivity contribution in [2.24, 2.45) is 0 Å². The number of carbonyl (C=O) groups excluding carboxylic acids is 1. The van der Waals surface area contributed by atoms with Crippen molar-refractivity contribution < 1.29 is 19.4 Å². The van der Waals surface area contributed by atoms with E-state index in [1.165, 1.54) is 12.0 Å². The number of nitrogens with zero attached hydrogens (tertiary/aromatic N) is 1. The summed E-state index contributed by atoms with van der Waals surface area (Å²) in [5.74, 6) is 0.667. The quantitative estimate of drug-likeness (QED) is 0.812. The molecule has 1 unspecified atom stereocenters. The minimum atomic E-state index is -0.703. The van der Waals surface area contributed by atoms with Crippen LogP contribution < -0.4 is 10.1 Å². The van der Waals surface area contributed by atoms with Crippen LogP contribution in [0.2, 0.25) is 0 Å². The third kappa shape index (κ3) is 5.15. The summed E-state index contributed by atoms with van der Waals surface area (Å²) in [7, 11) is 4.67. The molecule has 0 heterocycles. The van der Waals surface area contributed by atoms with Crippen molar-refractivity contribution in [3.05, 3.63) is 24.3 Å². The second kappa shape index (κ2) is 7.60. The Balaban J connectivity index is 2.53. The first-order valence-electron chi connectivity index (χ1n) is 5.90. The molecule has 0 aliphatic rings. The molecule has 0 aliphatic carbocycles. The van der Waals surface area contributed by atoms with E-state index >= 15 is 0 Å². The normalized spacial score (nSPS) is 11.8. The van der Waals surface area contributed by atoms with Gasteiger partial charge in [0.1, 0.15) is 5.75 Å². The van der Waals surface area contributed by atoms with Gasteiger partial charge in [-0.25, -0.2) is 4.79 Å². The van der Waals surface area contributed by atoms with Crippen molar-refractivity contribution in [1.82, 2.24) is 4.90 Å². The fourth-order valence-corrected chi connectivity index (χ4v) is 1.56. The zero-order chi connectivity index (χ0) is 14.3. The molecule has 0 bridgehead atoms. The number of nitrogens with one attached hydrogen (secondary N) is 1. The van der Waals surface area contributed by atoms with Gasteiger partial charge in [-0.1, -0.05) is 6.07 Å². The largest absolute Gasteiger partial charge is 0.497 e. The molecule has 6 nitrogen and oxygen atoms in total. The van der Waals surface area contributed by atoms with Crippen LogP contribution in [-0.2, 0) is 4.74 Å². The van der Waals surface area contributed by atoms with Gasteiger partial charge in [-0.15, -0.1) is 0 Å². The van der Waals surface area contributed by atoms with E-state index in [0.29, 0.717) is 11.4 Å². The zero-order valence-electron chi connectivity index (χ0n) is 11.4. The highest BCUT2D eigenvalue weighted by Gasteiger charge is 2.13. The number of hydrogen-bond donors (Lipinski definition) is 2. The van der Waals surface area contributed by atoms with Crippen LogP contribution in [0.25, 0.3) is 0 Å². The van der Waals surface area contributed by atoms with Gasteiger partial charge in [0.15, 0.2) is 0 Å². The van der Waals surface area contributed by atoms with Crippen LogP contribution in [0.15, 0.2) is 24.3 Å². The first-order chi connectivity index (χ1) is 9.06. The summed E-state index contributed by atoms with van der Waals surface area (Å²) in [5.41, 5.74) is 0.637. The van der Waals surface area contributed by atoms with E-state index in [2.05, 4.69) is 5.32 Å². The summed E-state index contributed by atoms with van der Waals surface area (Å²) in [6.45, 7) is 0.389. The lowest BCUT2D eigenvalue weighted by molar-refractivity contribution is 0.0501. The predicted octanol–water partition coefficient (Wildman–Crippen LogP) is 1.17. The lowest BCUT2D eigenvalue weighted by atomic mass is 10.3. The number of anilines is 1. The third-order valence-corrected chi connectivity index (χ3v) is 2.51. The molecule has 0 saturated heterocycles. The maximum Gasteiger partial charge on any atom is 0.321 e. The Kier molecular flexibility index (Phi) is 6.11. The Hall–Kier alpha value is -1.79. The van der Waals surface area contributed by atoms with Crippen molar-refractivity contribution in [3.8, 4) is 5.75 Å². The number of amides is 2. The standard InChI is InChI=1S/C13H20N2O4/c1-15(8-11(16)9-18-2)13(17)14-10-5-4-6-12(7-10)19-3/h4-7,11,16H,8-9H2,1-3H3,(H,14,17). The highest BCUT2D eigenvalue weighted by Crippen LogP contribution is 2.16. The molecule has 0 aromatic heterocycles. The Bertz CT molecular complexity index is 411. The van der Waals surface area contributed by atoms with Gasteiger partial charge in [-0.2, -0.15) is 0 Å². The Morgan fingerprint density at radius 1 is 1.47 bits per heavy atom. The molecular weight excluding hydrogens is 248 g/mol. The number of carbonyl (C=O) groups is 1. The van der Waals surface area contributed by atoms with E-state index in [1.807, 2.05) is 0 Å². The fraction of sp³-hybridized carbons (Fsp3) is 0.462. The van der Waals surface area contributed by atoms with E-state index in [9.17, 15) is 9.90 Å². The molecule has 106 valence electrons. The van der Waals surface area contributed by atoms with Crippen LogP contribution in [0, 0.1) is 0 Å². The van der Waals surface area contributed by atoms with Crippen molar-refractivity contribution in [2.75, 3.05) is 39.7 Å². The van der Waals surface area contributed by atoms with Crippen molar-refractivity contribution >= 4 is 11.7 Å². The van der Waals surface area contributed by atoms with Gasteiger partial charge in [0, 0.05) is 25.9 Å². The molecule has 1 rings (SSSR count). The van der Waals surface area contributed by atoms with Gasteiger partial charge in [-0.3, -0.25) is 0 Å². The zero-order valence-corrected chi connectivity index (χ0v) is 11.4. The topological polar surface area (TPSA) is 71.0 Å². The van der Waals surface area contributed by atoms with Gasteiger partial charge in [-0.05, 0) is 12.1 Å². The average molecular weight is 268 g/mol. The van der Waals surface area contributed by atoms with Gasteiger partial charge in [0.25, 0.3) is 0 Å². The van der Waals surface area contributed by atoms with Crippen LogP contribution in [0.5, 0.6) is 5.75 Å². The molecule has 0 spiro atoms. The number of rotatable bonds is 6. The summed E-state index contributed by atoms with van der Waals surface area (Å²) >= 11 is 0. The van der Waals surface area contributed by atoms with Gasteiger partial charge < -0.3 is 24.8 Å².